The molecule has 0 spiro atoms. The van der Waals surface area contributed by atoms with Gasteiger partial charge in [-0.1, -0.05) is 36.4 Å². The van der Waals surface area contributed by atoms with Crippen LogP contribution in [0.15, 0.2) is 54.6 Å². The molecule has 0 bridgehead atoms. The lowest BCUT2D eigenvalue weighted by Crippen LogP contribution is -2.49. The summed E-state index contributed by atoms with van der Waals surface area (Å²) in [4.78, 5) is 25.1. The maximum atomic E-state index is 12.8. The third-order valence-corrected chi connectivity index (χ3v) is 4.28. The molecule has 3 amide bonds. The number of urea groups is 1. The number of thiocarbonyl (C=S) groups is 1. The van der Waals surface area contributed by atoms with Crippen molar-refractivity contribution in [3.8, 4) is 5.75 Å². The summed E-state index contributed by atoms with van der Waals surface area (Å²) in [6, 6.07) is 15.6. The highest BCUT2D eigenvalue weighted by Crippen LogP contribution is 2.27. The molecule has 7 nitrogen and oxygen atoms in total. The van der Waals surface area contributed by atoms with E-state index >= 15 is 0 Å². The van der Waals surface area contributed by atoms with Crippen molar-refractivity contribution in [3.63, 3.8) is 0 Å². The van der Waals surface area contributed by atoms with Crippen LogP contribution in [0.4, 0.5) is 10.5 Å². The number of hydrogen-bond acceptors (Lipinski definition) is 4. The third-order valence-electron chi connectivity index (χ3n) is 4.08. The van der Waals surface area contributed by atoms with Gasteiger partial charge in [-0.05, 0) is 36.8 Å². The number of methoxy groups -OCH3 is 1. The summed E-state index contributed by atoms with van der Waals surface area (Å²) < 4.78 is 5.15. The largest absolute Gasteiger partial charge is 0.497 e. The Morgan fingerprint density at radius 2 is 1.88 bits per heavy atom. The molecule has 0 saturated carbocycles. The van der Waals surface area contributed by atoms with Crippen LogP contribution in [-0.4, -0.2) is 29.2 Å². The predicted molar refractivity (Wildman–Crippen MR) is 102 cm³/mol. The number of carbonyl (C=O) groups excluding carboxylic acids is 2. The summed E-state index contributed by atoms with van der Waals surface area (Å²) in [7, 11) is 1.56. The Balaban J connectivity index is 1.72. The van der Waals surface area contributed by atoms with Crippen LogP contribution < -0.4 is 20.8 Å². The zero-order valence-electron chi connectivity index (χ0n) is 14.3. The fourth-order valence-electron chi connectivity index (χ4n) is 2.67. The number of carbonyl (C=O) groups is 2. The second-order valence-corrected chi connectivity index (χ2v) is 6.27. The number of ether oxygens (including phenoxy) is 1. The van der Waals surface area contributed by atoms with Gasteiger partial charge in [0.25, 0.3) is 5.91 Å². The molecule has 26 heavy (non-hydrogen) atoms. The maximum absolute atomic E-state index is 12.8. The number of hydrogen-bond donors (Lipinski definition) is 3. The maximum Gasteiger partial charge on any atom is 0.344 e. The van der Waals surface area contributed by atoms with Crippen molar-refractivity contribution < 1.29 is 14.3 Å². The van der Waals surface area contributed by atoms with Gasteiger partial charge >= 0.3 is 6.03 Å². The lowest BCUT2D eigenvalue weighted by atomic mass is 9.92. The van der Waals surface area contributed by atoms with Gasteiger partial charge in [-0.15, -0.1) is 0 Å². The Hall–Kier alpha value is -3.13. The first-order valence-electron chi connectivity index (χ1n) is 7.88. The monoisotopic (exact) mass is 370 g/mol. The van der Waals surface area contributed by atoms with Gasteiger partial charge in [-0.3, -0.25) is 10.2 Å². The fraction of sp³-hybridized carbons (Fsp3) is 0.167. The average molecular weight is 370 g/mol. The fourth-order valence-corrected chi connectivity index (χ4v) is 2.88. The predicted octanol–water partition coefficient (Wildman–Crippen LogP) is 2.36. The molecule has 8 heteroatoms. The average Bonchev–Trinajstić information content (AvgIpc) is 2.87. The van der Waals surface area contributed by atoms with E-state index < -0.39 is 17.5 Å². The molecule has 1 aliphatic heterocycles. The van der Waals surface area contributed by atoms with Gasteiger partial charge in [0.05, 0.1) is 7.11 Å². The van der Waals surface area contributed by atoms with Crippen molar-refractivity contribution in [1.82, 2.24) is 15.8 Å². The molecule has 3 rings (SSSR count). The Labute approximate surface area is 156 Å². The van der Waals surface area contributed by atoms with Crippen LogP contribution in [0, 0.1) is 0 Å². The van der Waals surface area contributed by atoms with Crippen LogP contribution in [0.25, 0.3) is 0 Å². The van der Waals surface area contributed by atoms with Crippen LogP contribution in [0.2, 0.25) is 0 Å². The van der Waals surface area contributed by atoms with Gasteiger partial charge < -0.3 is 15.4 Å². The number of amides is 3. The molecular formula is C18H18N4O3S. The van der Waals surface area contributed by atoms with Crippen LogP contribution in [0.5, 0.6) is 5.75 Å². The molecule has 1 aliphatic rings. The van der Waals surface area contributed by atoms with Crippen molar-refractivity contribution in [2.24, 2.45) is 0 Å². The third kappa shape index (κ3) is 3.31. The second kappa shape index (κ2) is 7.01. The molecule has 1 atom stereocenters. The van der Waals surface area contributed by atoms with Crippen molar-refractivity contribution in [2.45, 2.75) is 12.5 Å². The van der Waals surface area contributed by atoms with Crippen molar-refractivity contribution in [1.29, 1.82) is 0 Å². The highest BCUT2D eigenvalue weighted by molar-refractivity contribution is 7.80. The smallest absolute Gasteiger partial charge is 0.344 e. The zero-order valence-corrected chi connectivity index (χ0v) is 15.1. The van der Waals surface area contributed by atoms with Crippen LogP contribution in [-0.2, 0) is 10.3 Å². The summed E-state index contributed by atoms with van der Waals surface area (Å²) in [5, 5.41) is 6.61. The van der Waals surface area contributed by atoms with Gasteiger partial charge in [0.2, 0.25) is 0 Å². The van der Waals surface area contributed by atoms with Gasteiger partial charge in [0.1, 0.15) is 11.3 Å². The lowest BCUT2D eigenvalue weighted by molar-refractivity contribution is -0.132. The zero-order chi connectivity index (χ0) is 18.7. The summed E-state index contributed by atoms with van der Waals surface area (Å²) >= 11 is 5.21. The van der Waals surface area contributed by atoms with E-state index in [9.17, 15) is 9.59 Å². The highest BCUT2D eigenvalue weighted by Gasteiger charge is 2.49. The number of benzene rings is 2. The van der Waals surface area contributed by atoms with E-state index in [0.717, 1.165) is 5.01 Å². The first-order valence-corrected chi connectivity index (χ1v) is 8.29. The minimum Gasteiger partial charge on any atom is -0.497 e. The Kier molecular flexibility index (Phi) is 4.77. The summed E-state index contributed by atoms with van der Waals surface area (Å²) in [5.74, 6) is 0.216. The first kappa shape index (κ1) is 17.7. The molecule has 0 unspecified atom stereocenters. The Bertz CT molecular complexity index is 859. The second-order valence-electron chi connectivity index (χ2n) is 5.86. The minimum atomic E-state index is -1.16. The quantitative estimate of drug-likeness (QED) is 0.566. The highest BCUT2D eigenvalue weighted by atomic mass is 32.1. The number of anilines is 1. The summed E-state index contributed by atoms with van der Waals surface area (Å²) in [6.45, 7) is 1.66. The molecule has 1 saturated heterocycles. The van der Waals surface area contributed by atoms with Gasteiger partial charge in [0, 0.05) is 11.8 Å². The summed E-state index contributed by atoms with van der Waals surface area (Å²) in [5.41, 5.74) is 2.84. The number of nitrogens with one attached hydrogen (secondary N) is 3. The first-order chi connectivity index (χ1) is 12.4. The number of hydrazine groups is 1. The normalized spacial score (nSPS) is 19.1. The van der Waals surface area contributed by atoms with E-state index in [1.807, 2.05) is 18.2 Å². The molecule has 2 aromatic carbocycles. The van der Waals surface area contributed by atoms with Crippen molar-refractivity contribution >= 4 is 35.0 Å². The molecule has 134 valence electrons. The molecular weight excluding hydrogens is 352 g/mol. The number of rotatable bonds is 4. The van der Waals surface area contributed by atoms with Crippen molar-refractivity contribution in [2.75, 3.05) is 12.4 Å². The molecule has 1 fully saturated rings. The number of nitrogens with zero attached hydrogens (tertiary/aromatic N) is 1. The van der Waals surface area contributed by atoms with Crippen LogP contribution >= 0.6 is 12.2 Å². The standard InChI is InChI=1S/C18H18N4O3S/c1-18(12-7-4-3-5-8-12)15(23)22(17(24)20-18)21-16(26)19-13-9-6-10-14(11-13)25-2/h3-11H,1-2H3,(H,20,24)(H2,19,21,26)/t18-/m1/s1. The van der Waals surface area contributed by atoms with E-state index in [1.54, 1.807) is 50.4 Å². The van der Waals surface area contributed by atoms with Crippen LogP contribution in [0.3, 0.4) is 0 Å². The van der Waals surface area contributed by atoms with E-state index in [1.165, 1.54) is 0 Å². The molecule has 0 aliphatic carbocycles. The van der Waals surface area contributed by atoms with E-state index in [2.05, 4.69) is 16.1 Å². The molecule has 1 heterocycles. The van der Waals surface area contributed by atoms with Crippen molar-refractivity contribution in [3.05, 3.63) is 60.2 Å². The molecule has 0 aromatic heterocycles. The van der Waals surface area contributed by atoms with E-state index in [4.69, 9.17) is 17.0 Å². The Morgan fingerprint density at radius 3 is 2.58 bits per heavy atom. The topological polar surface area (TPSA) is 82.7 Å². The Morgan fingerprint density at radius 1 is 1.15 bits per heavy atom. The van der Waals surface area contributed by atoms with E-state index in [0.29, 0.717) is 17.0 Å². The molecule has 2 aromatic rings. The van der Waals surface area contributed by atoms with E-state index in [-0.39, 0.29) is 5.11 Å². The van der Waals surface area contributed by atoms with Crippen LogP contribution in [0.1, 0.15) is 12.5 Å². The summed E-state index contributed by atoms with van der Waals surface area (Å²) in [6.07, 6.45) is 0. The minimum absolute atomic E-state index is 0.110. The van der Waals surface area contributed by atoms with Gasteiger partial charge in [0.15, 0.2) is 5.11 Å². The number of imide groups is 1. The lowest BCUT2D eigenvalue weighted by Gasteiger charge is -2.22. The van der Waals surface area contributed by atoms with Gasteiger partial charge in [-0.2, -0.15) is 5.01 Å². The SMILES string of the molecule is COc1cccc(NC(=S)NN2C(=O)N[C@](C)(c3ccccc3)C2=O)c1. The molecule has 0 radical (unpaired) electrons. The molecule has 3 N–H and O–H groups in total. The van der Waals surface area contributed by atoms with Gasteiger partial charge in [-0.25, -0.2) is 4.79 Å².